The second kappa shape index (κ2) is 4.81. The van der Waals surface area contributed by atoms with E-state index < -0.39 is 5.82 Å². The van der Waals surface area contributed by atoms with E-state index in [0.29, 0.717) is 16.5 Å². The summed E-state index contributed by atoms with van der Waals surface area (Å²) in [5, 5.41) is 12.2. The fraction of sp³-hybridized carbons (Fsp3) is 0. The van der Waals surface area contributed by atoms with E-state index in [4.69, 9.17) is 16.9 Å². The summed E-state index contributed by atoms with van der Waals surface area (Å²) in [6, 6.07) is 9.47. The third-order valence-corrected chi connectivity index (χ3v) is 2.34. The number of nitriles is 1. The first-order valence-corrected chi connectivity index (χ1v) is 5.15. The topological polar surface area (TPSA) is 48.7 Å². The highest BCUT2D eigenvalue weighted by Crippen LogP contribution is 2.21. The minimum absolute atomic E-state index is 0.0377. The van der Waals surface area contributed by atoms with Gasteiger partial charge in [-0.15, -0.1) is 0 Å². The smallest absolute Gasteiger partial charge is 0.143 e. The molecule has 1 aromatic heterocycles. The minimum atomic E-state index is -0.563. The van der Waals surface area contributed by atoms with Crippen LogP contribution in [0, 0.1) is 17.1 Å². The Morgan fingerprint density at radius 1 is 1.29 bits per heavy atom. The van der Waals surface area contributed by atoms with Crippen molar-refractivity contribution in [1.29, 1.82) is 5.26 Å². The zero-order chi connectivity index (χ0) is 12.3. The molecule has 0 aliphatic carbocycles. The van der Waals surface area contributed by atoms with E-state index in [1.807, 2.05) is 0 Å². The number of rotatable bonds is 2. The lowest BCUT2D eigenvalue weighted by atomic mass is 10.2. The number of benzene rings is 1. The lowest BCUT2D eigenvalue weighted by molar-refractivity contribution is 0.624. The molecule has 1 aromatic carbocycles. The van der Waals surface area contributed by atoms with Crippen LogP contribution in [0.5, 0.6) is 0 Å². The number of hydrogen-bond acceptors (Lipinski definition) is 3. The molecular weight excluding hydrogens is 241 g/mol. The lowest BCUT2D eigenvalue weighted by Gasteiger charge is -2.07. The van der Waals surface area contributed by atoms with Crippen LogP contribution in [0.3, 0.4) is 0 Å². The normalized spacial score (nSPS) is 9.71. The van der Waals surface area contributed by atoms with Gasteiger partial charge in [0.1, 0.15) is 23.3 Å². The lowest BCUT2D eigenvalue weighted by Crippen LogP contribution is -1.97. The molecule has 0 unspecified atom stereocenters. The number of anilines is 2. The predicted molar refractivity (Wildman–Crippen MR) is 63.6 cm³/mol. The highest BCUT2D eigenvalue weighted by molar-refractivity contribution is 6.30. The second-order valence-electron chi connectivity index (χ2n) is 3.26. The number of halogens is 2. The molecule has 84 valence electrons. The van der Waals surface area contributed by atoms with Gasteiger partial charge >= 0.3 is 0 Å². The van der Waals surface area contributed by atoms with Crippen LogP contribution >= 0.6 is 11.6 Å². The van der Waals surface area contributed by atoms with Crippen LogP contribution < -0.4 is 5.32 Å². The van der Waals surface area contributed by atoms with Crippen molar-refractivity contribution in [3.8, 4) is 6.07 Å². The first kappa shape index (κ1) is 11.4. The Labute approximate surface area is 102 Å². The number of nitrogens with one attached hydrogen (secondary N) is 1. The summed E-state index contributed by atoms with van der Waals surface area (Å²) in [4.78, 5) is 4.00. The molecule has 0 saturated heterocycles. The van der Waals surface area contributed by atoms with Gasteiger partial charge < -0.3 is 5.32 Å². The molecule has 1 heterocycles. The zero-order valence-electron chi connectivity index (χ0n) is 8.61. The van der Waals surface area contributed by atoms with Crippen molar-refractivity contribution < 1.29 is 4.39 Å². The molecule has 3 nitrogen and oxygen atoms in total. The second-order valence-corrected chi connectivity index (χ2v) is 3.70. The Morgan fingerprint density at radius 2 is 2.12 bits per heavy atom. The molecule has 0 bridgehead atoms. The van der Waals surface area contributed by atoms with Crippen molar-refractivity contribution in [3.63, 3.8) is 0 Å². The largest absolute Gasteiger partial charge is 0.339 e. The van der Waals surface area contributed by atoms with Gasteiger partial charge in [0.15, 0.2) is 0 Å². The van der Waals surface area contributed by atoms with Gasteiger partial charge in [-0.05, 0) is 24.3 Å². The van der Waals surface area contributed by atoms with E-state index in [0.717, 1.165) is 0 Å². The Kier molecular flexibility index (Phi) is 3.22. The van der Waals surface area contributed by atoms with Gasteiger partial charge in [-0.2, -0.15) is 5.26 Å². The van der Waals surface area contributed by atoms with Gasteiger partial charge in [0.2, 0.25) is 0 Å². The molecule has 0 amide bonds. The first-order chi connectivity index (χ1) is 8.20. The van der Waals surface area contributed by atoms with E-state index in [-0.39, 0.29) is 5.56 Å². The highest BCUT2D eigenvalue weighted by atomic mass is 35.5. The van der Waals surface area contributed by atoms with E-state index in [2.05, 4.69) is 10.3 Å². The van der Waals surface area contributed by atoms with Crippen LogP contribution in [0.15, 0.2) is 36.5 Å². The molecule has 0 aliphatic rings. The van der Waals surface area contributed by atoms with Gasteiger partial charge in [0, 0.05) is 6.20 Å². The quantitative estimate of drug-likeness (QED) is 0.884. The van der Waals surface area contributed by atoms with Crippen molar-refractivity contribution >= 4 is 23.1 Å². The number of hydrogen-bond donors (Lipinski definition) is 1. The van der Waals surface area contributed by atoms with Crippen LogP contribution in [-0.2, 0) is 0 Å². The highest BCUT2D eigenvalue weighted by Gasteiger charge is 2.07. The summed E-state index contributed by atoms with van der Waals surface area (Å²) in [5.74, 6) is -0.0667. The Morgan fingerprint density at radius 3 is 2.76 bits per heavy atom. The maximum absolute atomic E-state index is 13.3. The van der Waals surface area contributed by atoms with Gasteiger partial charge in [-0.25, -0.2) is 9.37 Å². The van der Waals surface area contributed by atoms with E-state index in [1.54, 1.807) is 24.3 Å². The molecular formula is C12H7ClFN3. The average molecular weight is 248 g/mol. The SMILES string of the molecule is N#Cc1c(F)cccc1Nc1ccc(Cl)cn1. The summed E-state index contributed by atoms with van der Waals surface area (Å²) in [5.41, 5.74) is 0.339. The fourth-order valence-electron chi connectivity index (χ4n) is 1.33. The van der Waals surface area contributed by atoms with Gasteiger partial charge in [-0.3, -0.25) is 0 Å². The Hall–Kier alpha value is -2.12. The Bertz CT molecular complexity index is 575. The average Bonchev–Trinajstić information content (AvgIpc) is 2.32. The molecule has 0 atom stereocenters. The van der Waals surface area contributed by atoms with Crippen molar-refractivity contribution in [2.45, 2.75) is 0 Å². The van der Waals surface area contributed by atoms with Gasteiger partial charge in [-0.1, -0.05) is 17.7 Å². The first-order valence-electron chi connectivity index (χ1n) is 4.78. The summed E-state index contributed by atoms with van der Waals surface area (Å²) < 4.78 is 13.3. The van der Waals surface area contributed by atoms with Crippen molar-refractivity contribution in [1.82, 2.24) is 4.98 Å². The molecule has 0 spiro atoms. The number of nitrogens with zero attached hydrogens (tertiary/aromatic N) is 2. The molecule has 0 fully saturated rings. The summed E-state index contributed by atoms with van der Waals surface area (Å²) in [7, 11) is 0. The molecule has 17 heavy (non-hydrogen) atoms. The third kappa shape index (κ3) is 2.52. The van der Waals surface area contributed by atoms with E-state index in [1.165, 1.54) is 18.3 Å². The third-order valence-electron chi connectivity index (χ3n) is 2.12. The predicted octanol–water partition coefficient (Wildman–Crippen LogP) is 3.49. The molecule has 5 heteroatoms. The standard InChI is InChI=1S/C12H7ClFN3/c13-8-4-5-12(16-7-8)17-11-3-1-2-10(14)9(11)6-15/h1-5,7H,(H,16,17). The fourth-order valence-corrected chi connectivity index (χ4v) is 1.44. The molecule has 0 aliphatic heterocycles. The monoisotopic (exact) mass is 247 g/mol. The van der Waals surface area contributed by atoms with E-state index >= 15 is 0 Å². The van der Waals surface area contributed by atoms with Crippen LogP contribution in [0.4, 0.5) is 15.9 Å². The zero-order valence-corrected chi connectivity index (χ0v) is 9.37. The maximum Gasteiger partial charge on any atom is 0.143 e. The van der Waals surface area contributed by atoms with Gasteiger partial charge in [0.05, 0.1) is 10.7 Å². The molecule has 0 radical (unpaired) electrons. The van der Waals surface area contributed by atoms with Crippen molar-refractivity contribution in [3.05, 3.63) is 52.9 Å². The van der Waals surface area contributed by atoms with Crippen molar-refractivity contribution in [2.75, 3.05) is 5.32 Å². The summed E-state index contributed by atoms with van der Waals surface area (Å²) in [6.07, 6.45) is 1.47. The van der Waals surface area contributed by atoms with Crippen molar-refractivity contribution in [2.24, 2.45) is 0 Å². The molecule has 1 N–H and O–H groups in total. The van der Waals surface area contributed by atoms with Crippen LogP contribution in [0.1, 0.15) is 5.56 Å². The molecule has 0 saturated carbocycles. The summed E-state index contributed by atoms with van der Waals surface area (Å²) >= 11 is 5.70. The molecule has 2 aromatic rings. The van der Waals surface area contributed by atoms with Crippen LogP contribution in [0.25, 0.3) is 0 Å². The van der Waals surface area contributed by atoms with Crippen LogP contribution in [0.2, 0.25) is 5.02 Å². The number of pyridine rings is 1. The summed E-state index contributed by atoms with van der Waals surface area (Å²) in [6.45, 7) is 0. The van der Waals surface area contributed by atoms with Crippen LogP contribution in [-0.4, -0.2) is 4.98 Å². The maximum atomic E-state index is 13.3. The van der Waals surface area contributed by atoms with E-state index in [9.17, 15) is 4.39 Å². The minimum Gasteiger partial charge on any atom is -0.339 e. The van der Waals surface area contributed by atoms with Gasteiger partial charge in [0.25, 0.3) is 0 Å². The Balaban J connectivity index is 2.34. The number of aromatic nitrogens is 1. The molecule has 2 rings (SSSR count).